The number of hydrogen-bond acceptors (Lipinski definition) is 3. The van der Waals surface area contributed by atoms with Crippen LogP contribution in [0.1, 0.15) is 0 Å². The first-order valence-electron chi connectivity index (χ1n) is 6.85. The maximum absolute atomic E-state index is 5.98. The van der Waals surface area contributed by atoms with Gasteiger partial charge in [0.1, 0.15) is 5.52 Å². The van der Waals surface area contributed by atoms with E-state index in [1.807, 2.05) is 24.3 Å². The third-order valence-corrected chi connectivity index (χ3v) is 4.23. The summed E-state index contributed by atoms with van der Waals surface area (Å²) in [6.45, 7) is 8.90. The van der Waals surface area contributed by atoms with Gasteiger partial charge in [0.15, 0.2) is 5.58 Å². The second-order valence-corrected chi connectivity index (χ2v) is 6.07. The van der Waals surface area contributed by atoms with Crippen LogP contribution in [0.15, 0.2) is 35.3 Å². The molecule has 1 aromatic carbocycles. The van der Waals surface area contributed by atoms with Gasteiger partial charge in [-0.3, -0.25) is 0 Å². The first-order valence-corrected chi connectivity index (χ1v) is 7.23. The van der Waals surface area contributed by atoms with Gasteiger partial charge in [-0.1, -0.05) is 18.2 Å². The van der Waals surface area contributed by atoms with Crippen molar-refractivity contribution < 1.29 is 8.90 Å². The average Bonchev–Trinajstić information content (AvgIpc) is 2.82. The molecular formula is C15H19ClN3O+. The molecule has 5 heteroatoms. The van der Waals surface area contributed by atoms with Crippen LogP contribution in [0.25, 0.3) is 11.1 Å². The summed E-state index contributed by atoms with van der Waals surface area (Å²) in [5.74, 6) is 0. The molecule has 2 aromatic rings. The van der Waals surface area contributed by atoms with Crippen molar-refractivity contribution in [1.29, 1.82) is 0 Å². The second-order valence-electron chi connectivity index (χ2n) is 5.63. The topological polar surface area (TPSA) is 29.3 Å². The Morgan fingerprint density at radius 1 is 1.45 bits per heavy atom. The normalized spacial score (nSPS) is 18.4. The van der Waals surface area contributed by atoms with Crippen LogP contribution in [0, 0.1) is 0 Å². The lowest BCUT2D eigenvalue weighted by Gasteiger charge is -2.40. The molecule has 4 nitrogen and oxygen atoms in total. The molecule has 0 N–H and O–H groups in total. The van der Waals surface area contributed by atoms with E-state index in [4.69, 9.17) is 16.0 Å². The highest BCUT2D eigenvalue weighted by Crippen LogP contribution is 2.25. The fourth-order valence-corrected chi connectivity index (χ4v) is 2.82. The van der Waals surface area contributed by atoms with Crippen molar-refractivity contribution in [2.45, 2.75) is 0 Å². The van der Waals surface area contributed by atoms with Crippen LogP contribution in [-0.2, 0) is 0 Å². The zero-order chi connectivity index (χ0) is 14.2. The number of piperazine rings is 1. The Morgan fingerprint density at radius 3 is 2.90 bits per heavy atom. The van der Waals surface area contributed by atoms with Crippen LogP contribution in [0.3, 0.4) is 0 Å². The van der Waals surface area contributed by atoms with Gasteiger partial charge >= 0.3 is 0 Å². The van der Waals surface area contributed by atoms with Crippen LogP contribution >= 0.6 is 11.6 Å². The summed E-state index contributed by atoms with van der Waals surface area (Å²) in [7, 11) is 2.27. The Balaban J connectivity index is 1.78. The predicted molar refractivity (Wildman–Crippen MR) is 82.2 cm³/mol. The molecule has 0 aliphatic carbocycles. The number of anilines is 1. The number of likely N-dealkylation sites (N-methyl/N-ethyl adjacent to an activating group) is 1. The van der Waals surface area contributed by atoms with Crippen molar-refractivity contribution in [3.63, 3.8) is 0 Å². The summed E-state index contributed by atoms with van der Waals surface area (Å²) in [4.78, 5) is 6.74. The maximum Gasteiger partial charge on any atom is 0.298 e. The lowest BCUT2D eigenvalue weighted by atomic mass is 10.2. The van der Waals surface area contributed by atoms with E-state index in [9.17, 15) is 0 Å². The van der Waals surface area contributed by atoms with Gasteiger partial charge in [-0.25, -0.2) is 0 Å². The Bertz CT molecular complexity index is 629. The third-order valence-electron chi connectivity index (χ3n) is 4.00. The Morgan fingerprint density at radius 2 is 2.20 bits per heavy atom. The molecule has 106 valence electrons. The molecule has 0 unspecified atom stereocenters. The maximum atomic E-state index is 5.98. The molecule has 20 heavy (non-hydrogen) atoms. The summed E-state index contributed by atoms with van der Waals surface area (Å²) in [6, 6.07) is 6.24. The van der Waals surface area contributed by atoms with Crippen molar-refractivity contribution in [2.75, 3.05) is 44.7 Å². The van der Waals surface area contributed by atoms with Crippen molar-refractivity contribution in [2.24, 2.45) is 0 Å². The minimum Gasteiger partial charge on any atom is -0.423 e. The summed E-state index contributed by atoms with van der Waals surface area (Å²) in [5.41, 5.74) is 1.61. The SMILES string of the molecule is C=CC[N+]1(C)CCN(c2nc3cc(Cl)ccc3o2)CC1. The molecule has 2 heterocycles. The van der Waals surface area contributed by atoms with E-state index in [1.54, 1.807) is 0 Å². The highest BCUT2D eigenvalue weighted by atomic mass is 35.5. The quantitative estimate of drug-likeness (QED) is 0.643. The van der Waals surface area contributed by atoms with Gasteiger partial charge in [-0.05, 0) is 24.3 Å². The van der Waals surface area contributed by atoms with E-state index in [2.05, 4.69) is 23.5 Å². The van der Waals surface area contributed by atoms with Crippen LogP contribution in [0.4, 0.5) is 6.01 Å². The lowest BCUT2D eigenvalue weighted by molar-refractivity contribution is -0.904. The number of rotatable bonds is 3. The van der Waals surface area contributed by atoms with Gasteiger partial charge in [0.05, 0.1) is 39.8 Å². The number of fused-ring (bicyclic) bond motifs is 1. The summed E-state index contributed by atoms with van der Waals surface area (Å²) in [5, 5.41) is 0.686. The number of aromatic nitrogens is 1. The summed E-state index contributed by atoms with van der Waals surface area (Å²) < 4.78 is 6.85. The number of nitrogens with zero attached hydrogens (tertiary/aromatic N) is 3. The first-order chi connectivity index (χ1) is 9.59. The molecule has 0 atom stereocenters. The smallest absolute Gasteiger partial charge is 0.298 e. The molecular weight excluding hydrogens is 274 g/mol. The molecule has 0 spiro atoms. The fraction of sp³-hybridized carbons (Fsp3) is 0.400. The van der Waals surface area contributed by atoms with E-state index in [-0.39, 0.29) is 0 Å². The van der Waals surface area contributed by atoms with Crippen LogP contribution in [0.5, 0.6) is 0 Å². The van der Waals surface area contributed by atoms with Crippen molar-refractivity contribution in [3.8, 4) is 0 Å². The Hall–Kier alpha value is -1.52. The van der Waals surface area contributed by atoms with Gasteiger partial charge in [0, 0.05) is 5.02 Å². The van der Waals surface area contributed by atoms with Crippen LogP contribution in [-0.4, -0.2) is 49.2 Å². The van der Waals surface area contributed by atoms with Crippen LogP contribution < -0.4 is 4.90 Å². The number of benzene rings is 1. The van der Waals surface area contributed by atoms with Gasteiger partial charge in [-0.15, -0.1) is 0 Å². The summed E-state index contributed by atoms with van der Waals surface area (Å²) in [6.07, 6.45) is 2.00. The van der Waals surface area contributed by atoms with E-state index in [1.165, 1.54) is 0 Å². The molecule has 1 aliphatic rings. The lowest BCUT2D eigenvalue weighted by Crippen LogP contribution is -2.57. The third kappa shape index (κ3) is 2.53. The molecule has 1 aromatic heterocycles. The number of hydrogen-bond donors (Lipinski definition) is 0. The average molecular weight is 293 g/mol. The Kier molecular flexibility index (Phi) is 3.44. The molecule has 1 fully saturated rings. The van der Waals surface area contributed by atoms with E-state index in [0.717, 1.165) is 48.3 Å². The van der Waals surface area contributed by atoms with Gasteiger partial charge in [0.25, 0.3) is 6.01 Å². The van der Waals surface area contributed by atoms with Gasteiger partial charge in [0.2, 0.25) is 0 Å². The molecule has 1 saturated heterocycles. The van der Waals surface area contributed by atoms with Crippen molar-refractivity contribution >= 4 is 28.7 Å². The molecule has 3 rings (SSSR count). The van der Waals surface area contributed by atoms with Gasteiger partial charge < -0.3 is 13.8 Å². The molecule has 0 saturated carbocycles. The molecule has 0 radical (unpaired) electrons. The largest absolute Gasteiger partial charge is 0.423 e. The molecule has 0 bridgehead atoms. The highest BCUT2D eigenvalue weighted by Gasteiger charge is 2.29. The predicted octanol–water partition coefficient (Wildman–Crippen LogP) is 2.93. The zero-order valence-corrected chi connectivity index (χ0v) is 12.4. The van der Waals surface area contributed by atoms with Gasteiger partial charge in [-0.2, -0.15) is 4.98 Å². The monoisotopic (exact) mass is 292 g/mol. The summed E-state index contributed by atoms with van der Waals surface area (Å²) >= 11 is 5.98. The first kappa shape index (κ1) is 13.5. The number of halogens is 1. The number of oxazole rings is 1. The highest BCUT2D eigenvalue weighted by molar-refractivity contribution is 6.31. The fourth-order valence-electron chi connectivity index (χ4n) is 2.66. The Labute approximate surface area is 123 Å². The minimum absolute atomic E-state index is 0.686. The van der Waals surface area contributed by atoms with E-state index >= 15 is 0 Å². The van der Waals surface area contributed by atoms with Crippen LogP contribution in [0.2, 0.25) is 5.02 Å². The molecule has 0 amide bonds. The van der Waals surface area contributed by atoms with Crippen molar-refractivity contribution in [3.05, 3.63) is 35.9 Å². The number of quaternary nitrogens is 1. The minimum atomic E-state index is 0.686. The molecule has 1 aliphatic heterocycles. The van der Waals surface area contributed by atoms with E-state index in [0.29, 0.717) is 11.0 Å². The standard InChI is InChI=1S/C15H19ClN3O/c1-3-8-19(2)9-6-18(7-10-19)15-17-13-11-12(16)4-5-14(13)20-15/h3-5,11H,1,6-10H2,2H3/q+1. The van der Waals surface area contributed by atoms with E-state index < -0.39 is 0 Å². The second kappa shape index (κ2) is 5.11. The van der Waals surface area contributed by atoms with Crippen molar-refractivity contribution in [1.82, 2.24) is 4.98 Å². The zero-order valence-electron chi connectivity index (χ0n) is 11.7.